The van der Waals surface area contributed by atoms with E-state index in [9.17, 15) is 4.79 Å². The SMILES string of the molecule is CCn1c(=N)n(CC(=O)N(C)Cc2cnn(C)c2C)c2ccccc21. The van der Waals surface area contributed by atoms with Crippen LogP contribution in [0.2, 0.25) is 0 Å². The normalized spacial score (nSPS) is 11.2. The lowest BCUT2D eigenvalue weighted by atomic mass is 10.2. The maximum absolute atomic E-state index is 12.7. The summed E-state index contributed by atoms with van der Waals surface area (Å²) in [4.78, 5) is 14.4. The van der Waals surface area contributed by atoms with Gasteiger partial charge in [0.05, 0.1) is 17.2 Å². The van der Waals surface area contributed by atoms with Crippen molar-refractivity contribution in [3.05, 3.63) is 47.3 Å². The van der Waals surface area contributed by atoms with E-state index in [0.717, 1.165) is 22.3 Å². The maximum atomic E-state index is 12.7. The molecule has 3 rings (SSSR count). The number of hydrogen-bond donors (Lipinski definition) is 1. The number of fused-ring (bicyclic) bond motifs is 1. The third kappa shape index (κ3) is 2.97. The van der Waals surface area contributed by atoms with E-state index in [-0.39, 0.29) is 12.5 Å². The number of benzene rings is 1. The summed E-state index contributed by atoms with van der Waals surface area (Å²) in [6.45, 7) is 5.37. The molecule has 0 fully saturated rings. The Hall–Kier alpha value is -2.83. The quantitative estimate of drug-likeness (QED) is 0.767. The minimum absolute atomic E-state index is 0.0271. The maximum Gasteiger partial charge on any atom is 0.242 e. The third-order valence-corrected chi connectivity index (χ3v) is 4.75. The molecule has 0 atom stereocenters. The molecule has 0 aliphatic rings. The summed E-state index contributed by atoms with van der Waals surface area (Å²) in [7, 11) is 3.68. The Balaban J connectivity index is 1.86. The molecule has 0 aliphatic heterocycles. The highest BCUT2D eigenvalue weighted by Crippen LogP contribution is 2.14. The average Bonchev–Trinajstić information content (AvgIpc) is 3.06. The molecule has 25 heavy (non-hydrogen) atoms. The van der Waals surface area contributed by atoms with Gasteiger partial charge in [0, 0.05) is 38.4 Å². The number of imidazole rings is 1. The summed E-state index contributed by atoms with van der Waals surface area (Å²) < 4.78 is 5.49. The van der Waals surface area contributed by atoms with Crippen molar-refractivity contribution in [2.24, 2.45) is 7.05 Å². The van der Waals surface area contributed by atoms with Crippen LogP contribution in [0, 0.1) is 12.3 Å². The molecule has 0 spiro atoms. The molecule has 7 heteroatoms. The molecule has 0 unspecified atom stereocenters. The van der Waals surface area contributed by atoms with Gasteiger partial charge in [-0.2, -0.15) is 5.10 Å². The van der Waals surface area contributed by atoms with Crippen LogP contribution in [0.25, 0.3) is 11.0 Å². The number of amides is 1. The Bertz CT molecular complexity index is 977. The second-order valence-corrected chi connectivity index (χ2v) is 6.27. The Kier molecular flexibility index (Phi) is 4.48. The van der Waals surface area contributed by atoms with Crippen molar-refractivity contribution in [1.29, 1.82) is 5.41 Å². The Labute approximate surface area is 146 Å². The highest BCUT2D eigenvalue weighted by atomic mass is 16.2. The smallest absolute Gasteiger partial charge is 0.242 e. The fraction of sp³-hybridized carbons (Fsp3) is 0.389. The molecular formula is C18H24N6O. The van der Waals surface area contributed by atoms with E-state index in [0.29, 0.717) is 18.7 Å². The van der Waals surface area contributed by atoms with E-state index in [1.54, 1.807) is 27.4 Å². The van der Waals surface area contributed by atoms with Crippen LogP contribution in [0.5, 0.6) is 0 Å². The lowest BCUT2D eigenvalue weighted by Crippen LogP contribution is -2.34. The lowest BCUT2D eigenvalue weighted by molar-refractivity contribution is -0.131. The second kappa shape index (κ2) is 6.58. The zero-order valence-electron chi connectivity index (χ0n) is 15.2. The summed E-state index contributed by atoms with van der Waals surface area (Å²) >= 11 is 0. The number of aryl methyl sites for hydroxylation is 2. The fourth-order valence-corrected chi connectivity index (χ4v) is 3.07. The zero-order chi connectivity index (χ0) is 18.1. The molecule has 1 amide bonds. The number of nitrogens with one attached hydrogen (secondary N) is 1. The molecule has 0 aliphatic carbocycles. The molecule has 0 saturated carbocycles. The van der Waals surface area contributed by atoms with Crippen molar-refractivity contribution in [3.63, 3.8) is 0 Å². The van der Waals surface area contributed by atoms with Gasteiger partial charge in [0.2, 0.25) is 11.5 Å². The average molecular weight is 340 g/mol. The number of hydrogen-bond acceptors (Lipinski definition) is 3. The minimum Gasteiger partial charge on any atom is -0.340 e. The van der Waals surface area contributed by atoms with Crippen LogP contribution in [0.3, 0.4) is 0 Å². The monoisotopic (exact) mass is 340 g/mol. The van der Waals surface area contributed by atoms with Crippen molar-refractivity contribution >= 4 is 16.9 Å². The number of aromatic nitrogens is 4. The molecule has 0 saturated heterocycles. The standard InChI is InChI=1S/C18H24N6O/c1-5-23-15-8-6-7-9-16(15)24(18(23)19)12-17(25)21(3)11-14-10-20-22(4)13(14)2/h6-10,19H,5,11-12H2,1-4H3. The first-order valence-electron chi connectivity index (χ1n) is 8.38. The van der Waals surface area contributed by atoms with E-state index in [1.165, 1.54) is 0 Å². The van der Waals surface area contributed by atoms with E-state index < -0.39 is 0 Å². The number of para-hydroxylation sites is 2. The largest absolute Gasteiger partial charge is 0.340 e. The van der Waals surface area contributed by atoms with Gasteiger partial charge in [0.1, 0.15) is 6.54 Å². The highest BCUT2D eigenvalue weighted by Gasteiger charge is 2.16. The lowest BCUT2D eigenvalue weighted by Gasteiger charge is -2.17. The number of carbonyl (C=O) groups excluding carboxylic acids is 1. The van der Waals surface area contributed by atoms with Crippen molar-refractivity contribution < 1.29 is 4.79 Å². The Morgan fingerprint density at radius 2 is 1.88 bits per heavy atom. The summed E-state index contributed by atoms with van der Waals surface area (Å²) in [6.07, 6.45) is 1.80. The summed E-state index contributed by atoms with van der Waals surface area (Å²) in [5.74, 6) is -0.0271. The molecule has 1 N–H and O–H groups in total. The van der Waals surface area contributed by atoms with Gasteiger partial charge in [-0.05, 0) is 26.0 Å². The van der Waals surface area contributed by atoms with E-state index >= 15 is 0 Å². The molecule has 0 radical (unpaired) electrons. The van der Waals surface area contributed by atoms with Crippen LogP contribution >= 0.6 is 0 Å². The van der Waals surface area contributed by atoms with Crippen LogP contribution in [-0.4, -0.2) is 36.8 Å². The van der Waals surface area contributed by atoms with E-state index in [4.69, 9.17) is 5.41 Å². The molecular weight excluding hydrogens is 316 g/mol. The Morgan fingerprint density at radius 3 is 2.44 bits per heavy atom. The van der Waals surface area contributed by atoms with E-state index in [2.05, 4.69) is 5.10 Å². The first-order valence-corrected chi connectivity index (χ1v) is 8.38. The third-order valence-electron chi connectivity index (χ3n) is 4.75. The van der Waals surface area contributed by atoms with Gasteiger partial charge in [-0.15, -0.1) is 0 Å². The van der Waals surface area contributed by atoms with Gasteiger partial charge in [-0.3, -0.25) is 14.9 Å². The molecule has 2 heterocycles. The van der Waals surface area contributed by atoms with Crippen molar-refractivity contribution in [2.75, 3.05) is 7.05 Å². The van der Waals surface area contributed by atoms with Crippen LogP contribution in [0.15, 0.2) is 30.5 Å². The number of carbonyl (C=O) groups is 1. The molecule has 7 nitrogen and oxygen atoms in total. The topological polar surface area (TPSA) is 71.8 Å². The van der Waals surface area contributed by atoms with Crippen molar-refractivity contribution in [1.82, 2.24) is 23.8 Å². The predicted octanol–water partition coefficient (Wildman–Crippen LogP) is 1.64. The van der Waals surface area contributed by atoms with Gasteiger partial charge < -0.3 is 14.0 Å². The van der Waals surface area contributed by atoms with Gasteiger partial charge in [-0.25, -0.2) is 0 Å². The number of likely N-dealkylation sites (N-methyl/N-ethyl adjacent to an activating group) is 1. The van der Waals surface area contributed by atoms with E-state index in [1.807, 2.05) is 49.7 Å². The zero-order valence-corrected chi connectivity index (χ0v) is 15.2. The summed E-state index contributed by atoms with van der Waals surface area (Å²) in [5.41, 5.74) is 4.33. The first kappa shape index (κ1) is 17.0. The van der Waals surface area contributed by atoms with Crippen LogP contribution in [-0.2, 0) is 31.5 Å². The minimum atomic E-state index is -0.0271. The van der Waals surface area contributed by atoms with Gasteiger partial charge in [-0.1, -0.05) is 12.1 Å². The van der Waals surface area contributed by atoms with Gasteiger partial charge >= 0.3 is 0 Å². The first-order chi connectivity index (χ1) is 11.9. The van der Waals surface area contributed by atoms with Gasteiger partial charge in [0.25, 0.3) is 0 Å². The molecule has 132 valence electrons. The van der Waals surface area contributed by atoms with Crippen molar-refractivity contribution in [2.45, 2.75) is 33.5 Å². The second-order valence-electron chi connectivity index (χ2n) is 6.27. The van der Waals surface area contributed by atoms with Crippen molar-refractivity contribution in [3.8, 4) is 0 Å². The number of nitrogens with zero attached hydrogens (tertiary/aromatic N) is 5. The molecule has 0 bridgehead atoms. The molecule has 3 aromatic rings. The fourth-order valence-electron chi connectivity index (χ4n) is 3.07. The summed E-state index contributed by atoms with van der Waals surface area (Å²) in [6, 6.07) is 7.83. The predicted molar refractivity (Wildman–Crippen MR) is 95.9 cm³/mol. The van der Waals surface area contributed by atoms with Crippen LogP contribution in [0.1, 0.15) is 18.2 Å². The van der Waals surface area contributed by atoms with Crippen LogP contribution < -0.4 is 5.62 Å². The Morgan fingerprint density at radius 1 is 1.24 bits per heavy atom. The van der Waals surface area contributed by atoms with Gasteiger partial charge in [0.15, 0.2) is 0 Å². The summed E-state index contributed by atoms with van der Waals surface area (Å²) in [5, 5.41) is 12.6. The number of rotatable bonds is 5. The van der Waals surface area contributed by atoms with Crippen LogP contribution in [0.4, 0.5) is 0 Å². The molecule has 2 aromatic heterocycles. The highest BCUT2D eigenvalue weighted by molar-refractivity contribution is 5.80. The molecule has 1 aromatic carbocycles.